The van der Waals surface area contributed by atoms with E-state index < -0.39 is 10.9 Å². The van der Waals surface area contributed by atoms with Gasteiger partial charge in [0.25, 0.3) is 5.69 Å². The predicted molar refractivity (Wildman–Crippen MR) is 108 cm³/mol. The molecular weight excluding hydrogens is 382 g/mol. The van der Waals surface area contributed by atoms with Crippen molar-refractivity contribution in [2.24, 2.45) is 4.99 Å². The molecule has 0 atom stereocenters. The maximum atomic E-state index is 11.2. The first-order valence-electron chi connectivity index (χ1n) is 8.28. The smallest absolute Gasteiger partial charge is 0.337 e. The SMILES string of the molecule is Cc1cc(C=Nc2ccc(Cl)c(C(=O)O)c2)c(C)n1-c1ccc([N+](=O)[O-])cc1. The summed E-state index contributed by atoms with van der Waals surface area (Å²) in [6.45, 7) is 3.84. The van der Waals surface area contributed by atoms with Crippen LogP contribution < -0.4 is 0 Å². The van der Waals surface area contributed by atoms with Crippen LogP contribution >= 0.6 is 11.6 Å². The number of halogens is 1. The van der Waals surface area contributed by atoms with Gasteiger partial charge in [-0.1, -0.05) is 11.6 Å². The average Bonchev–Trinajstić information content (AvgIpc) is 2.94. The van der Waals surface area contributed by atoms with E-state index in [-0.39, 0.29) is 16.3 Å². The molecule has 0 aliphatic carbocycles. The number of aliphatic imine (C=N–C) groups is 1. The number of aryl methyl sites for hydroxylation is 1. The minimum absolute atomic E-state index is 0.00679. The first-order chi connectivity index (χ1) is 13.3. The lowest BCUT2D eigenvalue weighted by atomic mass is 10.2. The van der Waals surface area contributed by atoms with Crippen LogP contribution in [-0.4, -0.2) is 26.8 Å². The zero-order valence-electron chi connectivity index (χ0n) is 15.1. The second-order valence-electron chi connectivity index (χ2n) is 6.16. The van der Waals surface area contributed by atoms with Gasteiger partial charge in [0.15, 0.2) is 0 Å². The number of non-ortho nitro benzene ring substituents is 1. The summed E-state index contributed by atoms with van der Waals surface area (Å²) in [5.41, 5.74) is 4.00. The molecule has 8 heteroatoms. The molecule has 0 aliphatic rings. The maximum Gasteiger partial charge on any atom is 0.337 e. The first kappa shape index (κ1) is 19.3. The highest BCUT2D eigenvalue weighted by atomic mass is 35.5. The number of nitrogens with zero attached hydrogens (tertiary/aromatic N) is 3. The van der Waals surface area contributed by atoms with E-state index in [0.29, 0.717) is 5.69 Å². The van der Waals surface area contributed by atoms with Crippen molar-refractivity contribution in [3.8, 4) is 5.69 Å². The van der Waals surface area contributed by atoms with E-state index in [4.69, 9.17) is 16.7 Å². The van der Waals surface area contributed by atoms with Gasteiger partial charge < -0.3 is 9.67 Å². The quantitative estimate of drug-likeness (QED) is 0.367. The van der Waals surface area contributed by atoms with Crippen LogP contribution in [0.2, 0.25) is 5.02 Å². The second-order valence-corrected chi connectivity index (χ2v) is 6.57. The van der Waals surface area contributed by atoms with Crippen LogP contribution in [0, 0.1) is 24.0 Å². The summed E-state index contributed by atoms with van der Waals surface area (Å²) in [5, 5.41) is 20.1. The number of hydrogen-bond acceptors (Lipinski definition) is 4. The standard InChI is InChI=1S/C20H16ClN3O4/c1-12-9-14(11-22-15-3-8-19(21)18(10-15)20(25)26)13(2)23(12)16-4-6-17(7-5-16)24(27)28/h3-11H,1-2H3,(H,25,26). The van der Waals surface area contributed by atoms with E-state index in [1.165, 1.54) is 24.3 Å². The number of nitro groups is 1. The van der Waals surface area contributed by atoms with Gasteiger partial charge in [-0.3, -0.25) is 15.1 Å². The Morgan fingerprint density at radius 1 is 1.18 bits per heavy atom. The van der Waals surface area contributed by atoms with Gasteiger partial charge in [-0.05, 0) is 50.2 Å². The Morgan fingerprint density at radius 3 is 2.46 bits per heavy atom. The molecule has 0 saturated carbocycles. The Labute approximate surface area is 165 Å². The minimum atomic E-state index is -1.11. The highest BCUT2D eigenvalue weighted by molar-refractivity contribution is 6.33. The van der Waals surface area contributed by atoms with Crippen molar-refractivity contribution in [2.75, 3.05) is 0 Å². The number of rotatable bonds is 5. The van der Waals surface area contributed by atoms with Gasteiger partial charge in [0, 0.05) is 41.0 Å². The lowest BCUT2D eigenvalue weighted by Crippen LogP contribution is -2.00. The molecule has 142 valence electrons. The number of nitro benzene ring substituents is 1. The summed E-state index contributed by atoms with van der Waals surface area (Å²) in [5.74, 6) is -1.11. The summed E-state index contributed by atoms with van der Waals surface area (Å²) in [6, 6.07) is 12.8. The van der Waals surface area contributed by atoms with Crippen molar-refractivity contribution in [2.45, 2.75) is 13.8 Å². The minimum Gasteiger partial charge on any atom is -0.478 e. The number of benzene rings is 2. The summed E-state index contributed by atoms with van der Waals surface area (Å²) < 4.78 is 1.97. The van der Waals surface area contributed by atoms with Gasteiger partial charge >= 0.3 is 5.97 Å². The zero-order valence-corrected chi connectivity index (χ0v) is 15.8. The van der Waals surface area contributed by atoms with Crippen molar-refractivity contribution in [1.82, 2.24) is 4.57 Å². The molecule has 0 spiro atoms. The first-order valence-corrected chi connectivity index (χ1v) is 8.66. The number of carboxylic acids is 1. The third-order valence-electron chi connectivity index (χ3n) is 4.32. The van der Waals surface area contributed by atoms with Crippen molar-refractivity contribution in [3.63, 3.8) is 0 Å². The van der Waals surface area contributed by atoms with Gasteiger partial charge in [0.1, 0.15) is 0 Å². The molecule has 3 aromatic rings. The second kappa shape index (κ2) is 7.66. The normalized spacial score (nSPS) is 11.1. The number of aromatic nitrogens is 1. The maximum absolute atomic E-state index is 11.2. The molecule has 1 heterocycles. The number of aromatic carboxylic acids is 1. The topological polar surface area (TPSA) is 97.7 Å². The highest BCUT2D eigenvalue weighted by Gasteiger charge is 2.12. The van der Waals surface area contributed by atoms with Crippen LogP contribution in [0.1, 0.15) is 27.3 Å². The van der Waals surface area contributed by atoms with Crippen LogP contribution in [0.3, 0.4) is 0 Å². The summed E-state index contributed by atoms with van der Waals surface area (Å²) in [7, 11) is 0. The molecular formula is C20H16ClN3O4. The zero-order chi connectivity index (χ0) is 20.4. The van der Waals surface area contributed by atoms with Crippen molar-refractivity contribution >= 4 is 35.2 Å². The summed E-state index contributed by atoms with van der Waals surface area (Å²) >= 11 is 5.88. The summed E-state index contributed by atoms with van der Waals surface area (Å²) in [4.78, 5) is 25.9. The lowest BCUT2D eigenvalue weighted by molar-refractivity contribution is -0.384. The third kappa shape index (κ3) is 3.79. The van der Waals surface area contributed by atoms with E-state index in [1.54, 1.807) is 24.4 Å². The van der Waals surface area contributed by atoms with Crippen molar-refractivity contribution in [1.29, 1.82) is 0 Å². The molecule has 0 unspecified atom stereocenters. The van der Waals surface area contributed by atoms with Crippen LogP contribution in [0.5, 0.6) is 0 Å². The molecule has 7 nitrogen and oxygen atoms in total. The Kier molecular flexibility index (Phi) is 5.28. The molecule has 1 aromatic heterocycles. The highest BCUT2D eigenvalue weighted by Crippen LogP contribution is 2.25. The Morgan fingerprint density at radius 2 is 1.86 bits per heavy atom. The molecule has 2 aromatic carbocycles. The molecule has 0 bridgehead atoms. The van der Waals surface area contributed by atoms with Crippen molar-refractivity contribution < 1.29 is 14.8 Å². The fourth-order valence-corrected chi connectivity index (χ4v) is 3.14. The van der Waals surface area contributed by atoms with Gasteiger partial charge in [-0.25, -0.2) is 4.79 Å². The fourth-order valence-electron chi connectivity index (χ4n) is 2.94. The third-order valence-corrected chi connectivity index (χ3v) is 4.65. The van der Waals surface area contributed by atoms with Crippen LogP contribution in [0.4, 0.5) is 11.4 Å². The molecule has 28 heavy (non-hydrogen) atoms. The monoisotopic (exact) mass is 397 g/mol. The Bertz CT molecular complexity index is 1100. The molecule has 0 fully saturated rings. The average molecular weight is 398 g/mol. The number of carboxylic acid groups (broad SMARTS) is 1. The predicted octanol–water partition coefficient (Wildman–Crippen LogP) is 5.10. The van der Waals surface area contributed by atoms with Crippen molar-refractivity contribution in [3.05, 3.63) is 86.2 Å². The van der Waals surface area contributed by atoms with E-state index >= 15 is 0 Å². The molecule has 0 aliphatic heterocycles. The van der Waals surface area contributed by atoms with Gasteiger partial charge in [-0.15, -0.1) is 0 Å². The molecule has 0 saturated heterocycles. The molecule has 3 rings (SSSR count). The van der Waals surface area contributed by atoms with Crippen LogP contribution in [-0.2, 0) is 0 Å². The fraction of sp³-hybridized carbons (Fsp3) is 0.100. The molecule has 0 amide bonds. The van der Waals surface area contributed by atoms with E-state index in [1.807, 2.05) is 24.5 Å². The van der Waals surface area contributed by atoms with E-state index in [2.05, 4.69) is 4.99 Å². The Hall–Kier alpha value is -3.45. The van der Waals surface area contributed by atoms with E-state index in [9.17, 15) is 14.9 Å². The number of hydrogen-bond donors (Lipinski definition) is 1. The van der Waals surface area contributed by atoms with Crippen LogP contribution in [0.25, 0.3) is 5.69 Å². The Balaban J connectivity index is 1.94. The van der Waals surface area contributed by atoms with E-state index in [0.717, 1.165) is 22.6 Å². The van der Waals surface area contributed by atoms with Crippen LogP contribution in [0.15, 0.2) is 53.5 Å². The summed E-state index contributed by atoms with van der Waals surface area (Å²) in [6.07, 6.45) is 1.65. The lowest BCUT2D eigenvalue weighted by Gasteiger charge is -2.09. The number of carbonyl (C=O) groups is 1. The molecule has 0 radical (unpaired) electrons. The molecule has 1 N–H and O–H groups in total. The van der Waals surface area contributed by atoms with Gasteiger partial charge in [0.2, 0.25) is 0 Å². The van der Waals surface area contributed by atoms with Gasteiger partial charge in [-0.2, -0.15) is 0 Å². The van der Waals surface area contributed by atoms with Gasteiger partial charge in [0.05, 0.1) is 21.2 Å². The largest absolute Gasteiger partial charge is 0.478 e.